The predicted molar refractivity (Wildman–Crippen MR) is 264 cm³/mol. The van der Waals surface area contributed by atoms with Gasteiger partial charge in [-0.1, -0.05) is 60.7 Å². The maximum atomic E-state index is 12.8. The van der Waals surface area contributed by atoms with E-state index >= 15 is 0 Å². The van der Waals surface area contributed by atoms with Crippen LogP contribution in [0.4, 0.5) is 34.6 Å². The van der Waals surface area contributed by atoms with E-state index in [-0.39, 0.29) is 142 Å². The van der Waals surface area contributed by atoms with Gasteiger partial charge in [0.1, 0.15) is 9.79 Å². The summed E-state index contributed by atoms with van der Waals surface area (Å²) in [4.78, 5) is 41.0. The van der Waals surface area contributed by atoms with Crippen molar-refractivity contribution in [2.24, 2.45) is 20.0 Å². The van der Waals surface area contributed by atoms with Gasteiger partial charge >= 0.3 is 0 Å². The first-order chi connectivity index (χ1) is 32.2. The number of aromatic amines is 4. The SMILES string of the molecule is CC(O)CN(CC(C)O)c1nc(=Nc2ccccc2)[nH]c(=Nc2ccc(C=Cc3ccc(N=c4[nH]c(N(CC(C)O)CC(C)O)nc(=Nc5ccccc5)[nH]4)cc3S(=O)(=O)O)c(S(=O)(=O)O)c2)[nH]1.[Na].[Na]. The number of aliphatic hydroxyl groups excluding tert-OH is 4. The number of nitrogens with zero attached hydrogens (tertiary/aromatic N) is 8. The molecule has 6 aromatic rings. The van der Waals surface area contributed by atoms with Crippen LogP contribution in [0, 0.1) is 0 Å². The van der Waals surface area contributed by atoms with Crippen molar-refractivity contribution in [3.05, 3.63) is 131 Å². The van der Waals surface area contributed by atoms with Crippen molar-refractivity contribution in [3.8, 4) is 0 Å². The summed E-state index contributed by atoms with van der Waals surface area (Å²) in [6.45, 7) is 6.55. The average Bonchev–Trinajstić information content (AvgIpc) is 3.25. The van der Waals surface area contributed by atoms with Crippen LogP contribution >= 0.6 is 0 Å². The van der Waals surface area contributed by atoms with Crippen LogP contribution in [0.25, 0.3) is 12.2 Å². The third kappa shape index (κ3) is 17.4. The quantitative estimate of drug-likeness (QED) is 0.0333. The van der Waals surface area contributed by atoms with Gasteiger partial charge in [0.2, 0.25) is 34.4 Å². The zero-order valence-corrected chi connectivity index (χ0v) is 44.9. The van der Waals surface area contributed by atoms with Gasteiger partial charge in [0, 0.05) is 85.3 Å². The van der Waals surface area contributed by atoms with Crippen LogP contribution in [0.5, 0.6) is 0 Å². The number of hydrogen-bond donors (Lipinski definition) is 10. The molecular formula is C44H52N12Na2O10S2. The molecule has 4 unspecified atom stereocenters. The van der Waals surface area contributed by atoms with E-state index in [2.05, 4.69) is 49.9 Å². The average molecular weight is 1020 g/mol. The first-order valence-corrected chi connectivity index (χ1v) is 23.9. The number of aliphatic hydroxyl groups is 4. The summed E-state index contributed by atoms with van der Waals surface area (Å²) in [5.41, 5.74) is 1.18. The van der Waals surface area contributed by atoms with Crippen molar-refractivity contribution in [1.29, 1.82) is 0 Å². The van der Waals surface area contributed by atoms with Crippen molar-refractivity contribution in [2.75, 3.05) is 36.0 Å². The second-order valence-electron chi connectivity index (χ2n) is 15.8. The van der Waals surface area contributed by atoms with Crippen LogP contribution in [-0.4, -0.2) is 186 Å². The van der Waals surface area contributed by atoms with E-state index in [0.717, 1.165) is 12.1 Å². The molecule has 0 spiro atoms. The Kier molecular flexibility index (Phi) is 21.4. The Hall–Kier alpha value is -4.90. The van der Waals surface area contributed by atoms with Gasteiger partial charge in [0.15, 0.2) is 0 Å². The fourth-order valence-electron chi connectivity index (χ4n) is 6.68. The molecular weight excluding hydrogens is 967 g/mol. The second kappa shape index (κ2) is 26.0. The molecule has 4 aromatic carbocycles. The van der Waals surface area contributed by atoms with Crippen LogP contribution in [0.2, 0.25) is 0 Å². The Bertz CT molecular complexity index is 3020. The monoisotopic (exact) mass is 1020 g/mol. The van der Waals surface area contributed by atoms with Gasteiger partial charge in [0.05, 0.1) is 47.2 Å². The molecule has 2 radical (unpaired) electrons. The van der Waals surface area contributed by atoms with Gasteiger partial charge in [-0.2, -0.15) is 26.8 Å². The molecule has 0 aliphatic carbocycles. The van der Waals surface area contributed by atoms with Gasteiger partial charge in [-0.25, -0.2) is 20.0 Å². The Balaban J connectivity index is 0.00000533. The molecule has 0 aliphatic heterocycles. The maximum absolute atomic E-state index is 12.8. The fourth-order valence-corrected chi connectivity index (χ4v) is 8.09. The van der Waals surface area contributed by atoms with Crippen molar-refractivity contribution >= 4 is 126 Å². The van der Waals surface area contributed by atoms with E-state index in [0.29, 0.717) is 11.4 Å². The fraction of sp³-hybridized carbons (Fsp3) is 0.273. The summed E-state index contributed by atoms with van der Waals surface area (Å²) in [7, 11) is -9.87. The topological polar surface area (TPSA) is 335 Å². The van der Waals surface area contributed by atoms with E-state index in [9.17, 15) is 46.4 Å². The number of benzene rings is 4. The number of para-hydroxylation sites is 2. The Morgan fingerprint density at radius 1 is 0.500 bits per heavy atom. The van der Waals surface area contributed by atoms with Crippen LogP contribution in [0.3, 0.4) is 0 Å². The van der Waals surface area contributed by atoms with Gasteiger partial charge in [-0.3, -0.25) is 29.0 Å². The molecule has 362 valence electrons. The van der Waals surface area contributed by atoms with Crippen molar-refractivity contribution in [1.82, 2.24) is 29.9 Å². The van der Waals surface area contributed by atoms with E-state index in [1.54, 1.807) is 86.0 Å². The molecule has 26 heteroatoms. The Morgan fingerprint density at radius 3 is 1.13 bits per heavy atom. The van der Waals surface area contributed by atoms with Crippen molar-refractivity contribution in [3.63, 3.8) is 0 Å². The molecule has 22 nitrogen and oxygen atoms in total. The van der Waals surface area contributed by atoms with E-state index in [4.69, 9.17) is 0 Å². The van der Waals surface area contributed by atoms with Crippen LogP contribution < -0.4 is 32.3 Å². The molecule has 2 aromatic heterocycles. The third-order valence-corrected chi connectivity index (χ3v) is 11.2. The number of aromatic nitrogens is 6. The van der Waals surface area contributed by atoms with E-state index < -0.39 is 54.4 Å². The second-order valence-corrected chi connectivity index (χ2v) is 18.5. The van der Waals surface area contributed by atoms with Crippen molar-refractivity contribution < 1.29 is 46.4 Å². The number of anilines is 2. The van der Waals surface area contributed by atoms with Crippen LogP contribution in [0.15, 0.2) is 127 Å². The standard InChI is InChI=1S/C44H52N12O10S2.2Na/c1-27(57)23-55(24-28(2)58)43-51-39(45-33-11-7-5-8-12-33)49-41(53-43)47-35-19-17-31(37(21-35)67(61,62)63)15-16-32-18-20-36(22-38(32)68(64,65)66)48-42-50-40(46-34-13-9-6-10-14-34)52-44(54-42)56(25-29(3)59)26-30(4)60;;/h5-22,27-30,57-60H,23-26H2,1-4H3,(H,61,62,63)(H,64,65,66)(H2,45,47,49,51,53)(H2,46,48,50,52,54);;. The summed E-state index contributed by atoms with van der Waals surface area (Å²) in [5, 5.41) is 40.9. The first kappa shape index (κ1) is 57.7. The Labute approximate surface area is 447 Å². The van der Waals surface area contributed by atoms with Crippen LogP contribution in [0.1, 0.15) is 38.8 Å². The molecule has 70 heavy (non-hydrogen) atoms. The summed E-state index contributed by atoms with van der Waals surface area (Å²) in [5.74, 6) is 0.332. The smallest absolute Gasteiger partial charge is 0.295 e. The van der Waals surface area contributed by atoms with Gasteiger partial charge in [-0.05, 0) is 87.4 Å². The summed E-state index contributed by atoms with van der Waals surface area (Å²) in [6.07, 6.45) is -0.834. The zero-order valence-electron chi connectivity index (χ0n) is 39.2. The number of rotatable bonds is 18. The summed E-state index contributed by atoms with van der Waals surface area (Å²) < 4.78 is 72.0. The molecule has 2 heterocycles. The molecule has 0 fully saturated rings. The summed E-state index contributed by atoms with van der Waals surface area (Å²) in [6, 6.07) is 25.4. The molecule has 0 saturated carbocycles. The minimum atomic E-state index is -4.94. The minimum absolute atomic E-state index is 0. The van der Waals surface area contributed by atoms with Crippen molar-refractivity contribution in [2.45, 2.75) is 61.9 Å². The molecule has 10 N–H and O–H groups in total. The molecule has 4 atom stereocenters. The summed E-state index contributed by atoms with van der Waals surface area (Å²) >= 11 is 0. The number of H-pyrrole nitrogens is 4. The van der Waals surface area contributed by atoms with Gasteiger partial charge in [-0.15, -0.1) is 0 Å². The van der Waals surface area contributed by atoms with E-state index in [1.807, 2.05) is 12.1 Å². The first-order valence-electron chi connectivity index (χ1n) is 21.0. The number of hydrogen-bond acceptors (Lipinski definition) is 16. The molecule has 0 saturated heterocycles. The van der Waals surface area contributed by atoms with Gasteiger partial charge < -0.3 is 30.2 Å². The third-order valence-electron chi connectivity index (χ3n) is 9.34. The minimum Gasteiger partial charge on any atom is -0.392 e. The molecule has 0 bridgehead atoms. The van der Waals surface area contributed by atoms with E-state index in [1.165, 1.54) is 36.4 Å². The maximum Gasteiger partial charge on any atom is 0.295 e. The Morgan fingerprint density at radius 2 is 0.829 bits per heavy atom. The zero-order chi connectivity index (χ0) is 49.2. The van der Waals surface area contributed by atoms with Gasteiger partial charge in [0.25, 0.3) is 20.2 Å². The largest absolute Gasteiger partial charge is 0.392 e. The number of nitrogens with one attached hydrogen (secondary N) is 4. The molecule has 6 rings (SSSR count). The molecule has 0 amide bonds. The molecule has 0 aliphatic rings. The normalized spacial score (nSPS) is 14.7. The predicted octanol–water partition coefficient (Wildman–Crippen LogP) is 1.76. The van der Waals surface area contributed by atoms with Crippen LogP contribution in [-0.2, 0) is 20.2 Å².